The predicted octanol–water partition coefficient (Wildman–Crippen LogP) is 2.57. The molecule has 1 saturated heterocycles. The van der Waals surface area contributed by atoms with Crippen LogP contribution in [0, 0.1) is 5.82 Å². The van der Waals surface area contributed by atoms with Crippen molar-refractivity contribution in [3.8, 4) is 5.75 Å². The molecule has 0 saturated carbocycles. The van der Waals surface area contributed by atoms with Gasteiger partial charge in [-0.3, -0.25) is 9.69 Å². The van der Waals surface area contributed by atoms with Crippen molar-refractivity contribution in [3.05, 3.63) is 65.5 Å². The lowest BCUT2D eigenvalue weighted by Gasteiger charge is -2.35. The molecule has 0 spiro atoms. The number of halogens is 1. The van der Waals surface area contributed by atoms with Gasteiger partial charge in [0.05, 0.1) is 32.8 Å². The fourth-order valence-corrected chi connectivity index (χ4v) is 3.23. The second-order valence-corrected chi connectivity index (χ2v) is 6.54. The normalized spacial score (nSPS) is 15.9. The molecule has 0 bridgehead atoms. The number of carbonyl (C=O) groups is 1. The third-order valence-electron chi connectivity index (χ3n) is 4.76. The van der Waals surface area contributed by atoms with E-state index in [0.717, 1.165) is 30.0 Å². The quantitative estimate of drug-likeness (QED) is 0.812. The first kappa shape index (κ1) is 19.3. The summed E-state index contributed by atoms with van der Waals surface area (Å²) in [7, 11) is 1.61. The van der Waals surface area contributed by atoms with Crippen LogP contribution in [0.5, 0.6) is 5.75 Å². The number of ether oxygens (including phenoxy) is 2. The van der Waals surface area contributed by atoms with Gasteiger partial charge in [-0.1, -0.05) is 24.3 Å². The predicted molar refractivity (Wildman–Crippen MR) is 101 cm³/mol. The molecule has 144 valence electrons. The third-order valence-corrected chi connectivity index (χ3v) is 4.76. The lowest BCUT2D eigenvalue weighted by Crippen LogP contribution is -2.44. The van der Waals surface area contributed by atoms with Crippen molar-refractivity contribution < 1.29 is 18.7 Å². The molecule has 1 aliphatic rings. The van der Waals surface area contributed by atoms with Crippen molar-refractivity contribution in [2.45, 2.75) is 12.5 Å². The molecule has 2 aromatic rings. The number of morpholine rings is 1. The van der Waals surface area contributed by atoms with Crippen molar-refractivity contribution in [2.75, 3.05) is 40.0 Å². The van der Waals surface area contributed by atoms with Crippen molar-refractivity contribution in [2.24, 2.45) is 0 Å². The molecule has 0 unspecified atom stereocenters. The summed E-state index contributed by atoms with van der Waals surface area (Å²) in [5, 5.41) is 3.02. The highest BCUT2D eigenvalue weighted by Gasteiger charge is 2.23. The van der Waals surface area contributed by atoms with Crippen LogP contribution in [-0.4, -0.2) is 50.8 Å². The smallest absolute Gasteiger partial charge is 0.224 e. The summed E-state index contributed by atoms with van der Waals surface area (Å²) in [5.41, 5.74) is 1.92. The summed E-state index contributed by atoms with van der Waals surface area (Å²) in [5.74, 6) is 0.464. The largest absolute Gasteiger partial charge is 0.497 e. The minimum atomic E-state index is -0.261. The van der Waals surface area contributed by atoms with E-state index >= 15 is 0 Å². The Kier molecular flexibility index (Phi) is 6.79. The van der Waals surface area contributed by atoms with Crippen LogP contribution < -0.4 is 10.1 Å². The lowest BCUT2D eigenvalue weighted by atomic mass is 10.0. The number of hydrogen-bond donors (Lipinski definition) is 1. The summed E-state index contributed by atoms with van der Waals surface area (Å²) < 4.78 is 23.9. The molecule has 1 aliphatic heterocycles. The molecule has 6 heteroatoms. The van der Waals surface area contributed by atoms with Crippen molar-refractivity contribution in [1.29, 1.82) is 0 Å². The maximum Gasteiger partial charge on any atom is 0.224 e. The fraction of sp³-hybridized carbons (Fsp3) is 0.381. The van der Waals surface area contributed by atoms with Crippen LogP contribution in [0.4, 0.5) is 4.39 Å². The zero-order chi connectivity index (χ0) is 19.1. The molecule has 0 aliphatic carbocycles. The van der Waals surface area contributed by atoms with Crippen molar-refractivity contribution >= 4 is 5.91 Å². The van der Waals surface area contributed by atoms with Gasteiger partial charge in [0, 0.05) is 19.6 Å². The van der Waals surface area contributed by atoms with Crippen LogP contribution in [0.1, 0.15) is 17.2 Å². The molecule has 1 amide bonds. The van der Waals surface area contributed by atoms with E-state index < -0.39 is 0 Å². The van der Waals surface area contributed by atoms with E-state index in [1.165, 1.54) is 12.1 Å². The number of nitrogens with zero attached hydrogens (tertiary/aromatic N) is 1. The molecule has 0 radical (unpaired) electrons. The number of amides is 1. The Morgan fingerprint density at radius 2 is 1.81 bits per heavy atom. The van der Waals surface area contributed by atoms with Gasteiger partial charge in [0.2, 0.25) is 5.91 Å². The van der Waals surface area contributed by atoms with Gasteiger partial charge in [-0.05, 0) is 35.4 Å². The zero-order valence-corrected chi connectivity index (χ0v) is 15.5. The standard InChI is InChI=1S/C21H25FN2O3/c1-26-19-8-2-16(3-9-19)14-21(25)23-15-20(24-10-12-27-13-11-24)17-4-6-18(22)7-5-17/h2-9,20H,10-15H2,1H3,(H,23,25)/t20-/m0/s1. The number of carbonyl (C=O) groups excluding carboxylic acids is 1. The van der Waals surface area contributed by atoms with Crippen LogP contribution in [0.15, 0.2) is 48.5 Å². The molecule has 5 nitrogen and oxygen atoms in total. The van der Waals surface area contributed by atoms with Gasteiger partial charge >= 0.3 is 0 Å². The summed E-state index contributed by atoms with van der Waals surface area (Å²) >= 11 is 0. The highest BCUT2D eigenvalue weighted by molar-refractivity contribution is 5.78. The van der Waals surface area contributed by atoms with Gasteiger partial charge in [-0.2, -0.15) is 0 Å². The second kappa shape index (κ2) is 9.48. The van der Waals surface area contributed by atoms with Gasteiger partial charge in [0.25, 0.3) is 0 Å². The maximum absolute atomic E-state index is 13.3. The Hall–Kier alpha value is -2.44. The zero-order valence-electron chi connectivity index (χ0n) is 15.5. The number of benzene rings is 2. The first-order valence-corrected chi connectivity index (χ1v) is 9.12. The Bertz CT molecular complexity index is 728. The van der Waals surface area contributed by atoms with Gasteiger partial charge in [-0.15, -0.1) is 0 Å². The average molecular weight is 372 g/mol. The van der Waals surface area contributed by atoms with E-state index in [1.807, 2.05) is 24.3 Å². The van der Waals surface area contributed by atoms with Crippen molar-refractivity contribution in [3.63, 3.8) is 0 Å². The van der Waals surface area contributed by atoms with Crippen molar-refractivity contribution in [1.82, 2.24) is 10.2 Å². The van der Waals surface area contributed by atoms with Crippen LogP contribution in [0.2, 0.25) is 0 Å². The van der Waals surface area contributed by atoms with E-state index in [4.69, 9.17) is 9.47 Å². The Labute approximate surface area is 159 Å². The highest BCUT2D eigenvalue weighted by atomic mass is 19.1. The first-order valence-electron chi connectivity index (χ1n) is 9.12. The van der Waals surface area contributed by atoms with E-state index in [9.17, 15) is 9.18 Å². The molecule has 1 fully saturated rings. The van der Waals surface area contributed by atoms with E-state index in [-0.39, 0.29) is 17.8 Å². The van der Waals surface area contributed by atoms with Gasteiger partial charge in [0.15, 0.2) is 0 Å². The number of rotatable bonds is 7. The highest BCUT2D eigenvalue weighted by Crippen LogP contribution is 2.22. The minimum absolute atomic E-state index is 0.00526. The fourth-order valence-electron chi connectivity index (χ4n) is 3.23. The van der Waals surface area contributed by atoms with E-state index in [0.29, 0.717) is 26.2 Å². The van der Waals surface area contributed by atoms with Crippen LogP contribution in [-0.2, 0) is 16.0 Å². The number of nitrogens with one attached hydrogen (secondary N) is 1. The van der Waals surface area contributed by atoms with Crippen LogP contribution in [0.3, 0.4) is 0 Å². The molecule has 3 rings (SSSR count). The second-order valence-electron chi connectivity index (χ2n) is 6.54. The maximum atomic E-state index is 13.3. The molecule has 2 aromatic carbocycles. The van der Waals surface area contributed by atoms with Crippen LogP contribution >= 0.6 is 0 Å². The Morgan fingerprint density at radius 3 is 2.44 bits per heavy atom. The average Bonchev–Trinajstić information content (AvgIpc) is 2.71. The summed E-state index contributed by atoms with van der Waals surface area (Å²) in [6, 6.07) is 13.9. The summed E-state index contributed by atoms with van der Waals surface area (Å²) in [4.78, 5) is 14.7. The van der Waals surface area contributed by atoms with Gasteiger partial charge < -0.3 is 14.8 Å². The molecule has 1 atom stereocenters. The van der Waals surface area contributed by atoms with Gasteiger partial charge in [0.1, 0.15) is 11.6 Å². The lowest BCUT2D eigenvalue weighted by molar-refractivity contribution is -0.120. The third kappa shape index (κ3) is 5.52. The summed E-state index contributed by atoms with van der Waals surface area (Å²) in [6.07, 6.45) is 0.309. The first-order chi connectivity index (χ1) is 13.2. The van der Waals surface area contributed by atoms with E-state index in [2.05, 4.69) is 10.2 Å². The molecule has 1 N–H and O–H groups in total. The van der Waals surface area contributed by atoms with E-state index in [1.54, 1.807) is 19.2 Å². The minimum Gasteiger partial charge on any atom is -0.497 e. The number of hydrogen-bond acceptors (Lipinski definition) is 4. The monoisotopic (exact) mass is 372 g/mol. The molecule has 27 heavy (non-hydrogen) atoms. The Balaban J connectivity index is 1.62. The van der Waals surface area contributed by atoms with Crippen LogP contribution in [0.25, 0.3) is 0 Å². The molecule has 0 aromatic heterocycles. The summed E-state index contributed by atoms with van der Waals surface area (Å²) in [6.45, 7) is 3.38. The molecular formula is C21H25FN2O3. The molecule has 1 heterocycles. The van der Waals surface area contributed by atoms with Gasteiger partial charge in [-0.25, -0.2) is 4.39 Å². The molecular weight excluding hydrogens is 347 g/mol. The number of methoxy groups -OCH3 is 1. The Morgan fingerprint density at radius 1 is 1.15 bits per heavy atom. The topological polar surface area (TPSA) is 50.8 Å². The SMILES string of the molecule is COc1ccc(CC(=O)NC[C@@H](c2ccc(F)cc2)N2CCOCC2)cc1.